The lowest BCUT2D eigenvalue weighted by Gasteiger charge is -2.14. The summed E-state index contributed by atoms with van der Waals surface area (Å²) < 4.78 is 45.0. The fourth-order valence-corrected chi connectivity index (χ4v) is 2.49. The molecule has 0 aromatic carbocycles. The quantitative estimate of drug-likeness (QED) is 0.801. The van der Waals surface area contributed by atoms with Crippen LogP contribution in [0.25, 0.3) is 11.0 Å². The third-order valence-electron chi connectivity index (χ3n) is 3.76. The number of alkyl halides is 3. The van der Waals surface area contributed by atoms with Crippen molar-refractivity contribution >= 4 is 17.0 Å². The highest BCUT2D eigenvalue weighted by Gasteiger charge is 2.36. The molecule has 1 fully saturated rings. The Morgan fingerprint density at radius 2 is 1.96 bits per heavy atom. The zero-order valence-electron chi connectivity index (χ0n) is 12.7. The zero-order chi connectivity index (χ0) is 16.8. The van der Waals surface area contributed by atoms with Gasteiger partial charge in [0.25, 0.3) is 0 Å². The second-order valence-corrected chi connectivity index (χ2v) is 5.61. The lowest BCUT2D eigenvalue weighted by molar-refractivity contribution is -0.136. The van der Waals surface area contributed by atoms with Gasteiger partial charge >= 0.3 is 12.1 Å². The second-order valence-electron chi connectivity index (χ2n) is 5.61. The fraction of sp³-hybridized carbons (Fsp3) is 0.438. The first kappa shape index (κ1) is 15.7. The SMILES string of the molecule is CCOC(=O)c1cc(C(F)(F)F)c2nc(C3CC3)cc(C)c2n1. The fourth-order valence-electron chi connectivity index (χ4n) is 2.49. The van der Waals surface area contributed by atoms with Crippen LogP contribution in [0.4, 0.5) is 13.2 Å². The van der Waals surface area contributed by atoms with E-state index in [0.717, 1.165) is 18.9 Å². The second kappa shape index (κ2) is 5.47. The first-order valence-electron chi connectivity index (χ1n) is 7.38. The van der Waals surface area contributed by atoms with Crippen LogP contribution in [-0.4, -0.2) is 22.5 Å². The summed E-state index contributed by atoms with van der Waals surface area (Å²) in [4.78, 5) is 20.0. The predicted octanol–water partition coefficient (Wildman–Crippen LogP) is 4.01. The van der Waals surface area contributed by atoms with Crippen LogP contribution in [0.3, 0.4) is 0 Å². The minimum Gasteiger partial charge on any atom is -0.461 e. The number of aromatic nitrogens is 2. The molecule has 2 aromatic rings. The van der Waals surface area contributed by atoms with Gasteiger partial charge in [0.05, 0.1) is 17.7 Å². The molecule has 23 heavy (non-hydrogen) atoms. The van der Waals surface area contributed by atoms with Gasteiger partial charge in [-0.15, -0.1) is 0 Å². The van der Waals surface area contributed by atoms with Crippen molar-refractivity contribution in [2.45, 2.75) is 38.8 Å². The van der Waals surface area contributed by atoms with E-state index in [4.69, 9.17) is 4.74 Å². The van der Waals surface area contributed by atoms with Crippen molar-refractivity contribution in [3.8, 4) is 0 Å². The van der Waals surface area contributed by atoms with Crippen LogP contribution in [-0.2, 0) is 10.9 Å². The summed E-state index contributed by atoms with van der Waals surface area (Å²) in [7, 11) is 0. The summed E-state index contributed by atoms with van der Waals surface area (Å²) in [6.45, 7) is 3.33. The van der Waals surface area contributed by atoms with E-state index >= 15 is 0 Å². The normalized spacial score (nSPS) is 15.0. The van der Waals surface area contributed by atoms with Gasteiger partial charge in [-0.25, -0.2) is 9.78 Å². The number of rotatable bonds is 3. The van der Waals surface area contributed by atoms with Gasteiger partial charge in [-0.2, -0.15) is 13.2 Å². The molecule has 0 atom stereocenters. The number of fused-ring (bicyclic) bond motifs is 1. The minimum absolute atomic E-state index is 0.0672. The number of carbonyl (C=O) groups is 1. The van der Waals surface area contributed by atoms with Gasteiger partial charge in [-0.3, -0.25) is 4.98 Å². The maximum atomic E-state index is 13.4. The third-order valence-corrected chi connectivity index (χ3v) is 3.76. The smallest absolute Gasteiger partial charge is 0.418 e. The molecule has 2 heterocycles. The first-order chi connectivity index (χ1) is 10.8. The Bertz CT molecular complexity index is 783. The van der Waals surface area contributed by atoms with E-state index in [1.807, 2.05) is 0 Å². The number of hydrogen-bond donors (Lipinski definition) is 0. The van der Waals surface area contributed by atoms with Crippen molar-refractivity contribution in [1.29, 1.82) is 0 Å². The molecule has 4 nitrogen and oxygen atoms in total. The average molecular weight is 324 g/mol. The summed E-state index contributed by atoms with van der Waals surface area (Å²) in [5, 5.41) is 0. The third kappa shape index (κ3) is 3.00. The Labute approximate surface area is 130 Å². The van der Waals surface area contributed by atoms with Crippen LogP contribution in [0.15, 0.2) is 12.1 Å². The number of aryl methyl sites for hydroxylation is 1. The van der Waals surface area contributed by atoms with Crippen LogP contribution < -0.4 is 0 Å². The molecular formula is C16H15F3N2O2. The van der Waals surface area contributed by atoms with Crippen molar-refractivity contribution in [2.75, 3.05) is 6.61 Å². The van der Waals surface area contributed by atoms with Gasteiger partial charge in [-0.05, 0) is 44.4 Å². The highest BCUT2D eigenvalue weighted by molar-refractivity contribution is 5.92. The molecule has 2 aromatic heterocycles. The molecular weight excluding hydrogens is 309 g/mol. The number of ether oxygens (including phenoxy) is 1. The van der Waals surface area contributed by atoms with Crippen molar-refractivity contribution < 1.29 is 22.7 Å². The summed E-state index contributed by atoms with van der Waals surface area (Å²) in [5.41, 5.74) is -0.175. The number of hydrogen-bond acceptors (Lipinski definition) is 4. The molecule has 0 radical (unpaired) electrons. The lowest BCUT2D eigenvalue weighted by Crippen LogP contribution is -2.14. The molecule has 1 aliphatic rings. The van der Waals surface area contributed by atoms with Crippen LogP contribution in [0.2, 0.25) is 0 Å². The van der Waals surface area contributed by atoms with E-state index in [-0.39, 0.29) is 29.3 Å². The molecule has 7 heteroatoms. The van der Waals surface area contributed by atoms with E-state index in [2.05, 4.69) is 9.97 Å². The standard InChI is InChI=1S/C16H15F3N2O2/c1-3-23-15(22)12-7-10(16(17,18)19)14-13(21-12)8(2)6-11(20-14)9-4-5-9/h6-7,9H,3-5H2,1-2H3. The van der Waals surface area contributed by atoms with Crippen molar-refractivity contribution in [1.82, 2.24) is 9.97 Å². The summed E-state index contributed by atoms with van der Waals surface area (Å²) >= 11 is 0. The maximum absolute atomic E-state index is 13.4. The molecule has 122 valence electrons. The van der Waals surface area contributed by atoms with Crippen molar-refractivity contribution in [3.63, 3.8) is 0 Å². The Hall–Kier alpha value is -2.18. The van der Waals surface area contributed by atoms with Gasteiger partial charge in [-0.1, -0.05) is 0 Å². The van der Waals surface area contributed by atoms with Gasteiger partial charge in [0.2, 0.25) is 0 Å². The van der Waals surface area contributed by atoms with Crippen LogP contribution in [0.1, 0.15) is 53.0 Å². The molecule has 1 saturated carbocycles. The Morgan fingerprint density at radius 1 is 1.26 bits per heavy atom. The van der Waals surface area contributed by atoms with E-state index in [1.165, 1.54) is 0 Å². The molecule has 0 aliphatic heterocycles. The highest BCUT2D eigenvalue weighted by Crippen LogP contribution is 2.41. The lowest BCUT2D eigenvalue weighted by atomic mass is 10.1. The van der Waals surface area contributed by atoms with E-state index in [0.29, 0.717) is 11.3 Å². The topological polar surface area (TPSA) is 52.1 Å². The largest absolute Gasteiger partial charge is 0.461 e. The minimum atomic E-state index is -4.62. The molecule has 0 unspecified atom stereocenters. The molecule has 3 rings (SSSR count). The summed E-state index contributed by atoms with van der Waals surface area (Å²) in [6, 6.07) is 2.48. The monoisotopic (exact) mass is 324 g/mol. The number of pyridine rings is 2. The first-order valence-corrected chi connectivity index (χ1v) is 7.38. The molecule has 0 bridgehead atoms. The predicted molar refractivity (Wildman–Crippen MR) is 77.2 cm³/mol. The number of halogens is 3. The van der Waals surface area contributed by atoms with Gasteiger partial charge in [0.1, 0.15) is 11.2 Å². The van der Waals surface area contributed by atoms with Gasteiger partial charge in [0.15, 0.2) is 0 Å². The number of esters is 1. The summed E-state index contributed by atoms with van der Waals surface area (Å²) in [5.74, 6) is -0.644. The van der Waals surface area contributed by atoms with E-state index in [9.17, 15) is 18.0 Å². The number of nitrogens with zero attached hydrogens (tertiary/aromatic N) is 2. The Kier molecular flexibility index (Phi) is 3.74. The number of carbonyl (C=O) groups excluding carboxylic acids is 1. The van der Waals surface area contributed by atoms with Crippen LogP contribution >= 0.6 is 0 Å². The van der Waals surface area contributed by atoms with Crippen molar-refractivity contribution in [2.24, 2.45) is 0 Å². The average Bonchev–Trinajstić information content (AvgIpc) is 3.30. The Morgan fingerprint density at radius 3 is 2.52 bits per heavy atom. The van der Waals surface area contributed by atoms with Gasteiger partial charge in [0, 0.05) is 11.6 Å². The van der Waals surface area contributed by atoms with E-state index < -0.39 is 17.7 Å². The molecule has 0 saturated heterocycles. The molecule has 0 spiro atoms. The Balaban J connectivity index is 2.26. The van der Waals surface area contributed by atoms with Gasteiger partial charge < -0.3 is 4.74 Å². The van der Waals surface area contributed by atoms with E-state index in [1.54, 1.807) is 19.9 Å². The zero-order valence-corrected chi connectivity index (χ0v) is 12.7. The molecule has 0 N–H and O–H groups in total. The molecule has 1 aliphatic carbocycles. The van der Waals surface area contributed by atoms with Crippen LogP contribution in [0.5, 0.6) is 0 Å². The van der Waals surface area contributed by atoms with Crippen molar-refractivity contribution in [3.05, 3.63) is 34.6 Å². The summed E-state index contributed by atoms with van der Waals surface area (Å²) in [6.07, 6.45) is -2.74. The maximum Gasteiger partial charge on any atom is 0.418 e. The molecule has 0 amide bonds. The highest BCUT2D eigenvalue weighted by atomic mass is 19.4. The van der Waals surface area contributed by atoms with Crippen LogP contribution in [0, 0.1) is 6.92 Å².